The molecule has 11 nitrogen and oxygen atoms in total. The molecule has 1 spiro atoms. The molecule has 1 aromatic carbocycles. The van der Waals surface area contributed by atoms with E-state index in [-0.39, 0.29) is 63.5 Å². The van der Waals surface area contributed by atoms with Gasteiger partial charge in [-0.05, 0) is 87.3 Å². The molecule has 280 valence electrons. The maximum absolute atomic E-state index is 13.3. The molecule has 1 aromatic rings. The highest BCUT2D eigenvalue weighted by atomic mass is 32.2. The lowest BCUT2D eigenvalue weighted by Crippen LogP contribution is -2.50. The van der Waals surface area contributed by atoms with E-state index >= 15 is 0 Å². The molecule has 0 aromatic heterocycles. The number of amides is 2. The molecule has 4 rings (SSSR count). The van der Waals surface area contributed by atoms with Gasteiger partial charge in [0.1, 0.15) is 17.5 Å². The second kappa shape index (κ2) is 17.6. The zero-order valence-electron chi connectivity index (χ0n) is 29.0. The third-order valence-corrected chi connectivity index (χ3v) is 11.3. The number of nitrogens with one attached hydrogen (secondary N) is 1. The number of amidine groups is 1. The van der Waals surface area contributed by atoms with Gasteiger partial charge in [-0.15, -0.1) is 0 Å². The third kappa shape index (κ3) is 11.1. The van der Waals surface area contributed by atoms with Crippen LogP contribution in [0.1, 0.15) is 104 Å². The summed E-state index contributed by atoms with van der Waals surface area (Å²) in [7, 11) is -3.80. The Labute approximate surface area is 293 Å². The van der Waals surface area contributed by atoms with Crippen LogP contribution in [0.4, 0.5) is 13.2 Å². The van der Waals surface area contributed by atoms with Crippen molar-refractivity contribution in [1.29, 1.82) is 0 Å². The summed E-state index contributed by atoms with van der Waals surface area (Å²) in [6.07, 6.45) is 1.87. The summed E-state index contributed by atoms with van der Waals surface area (Å²) in [6.45, 7) is 4.64. The van der Waals surface area contributed by atoms with Crippen LogP contribution in [0, 0.1) is 13.8 Å². The zero-order chi connectivity index (χ0) is 36.5. The normalized spacial score (nSPS) is 19.7. The lowest BCUT2D eigenvalue weighted by molar-refractivity contribution is -0.135. The number of alkyl halides is 3. The largest absolute Gasteiger partial charge is 0.394 e. The number of piperidine rings is 2. The van der Waals surface area contributed by atoms with Crippen LogP contribution in [0.5, 0.6) is 0 Å². The molecule has 0 bridgehead atoms. The summed E-state index contributed by atoms with van der Waals surface area (Å²) >= 11 is 0. The van der Waals surface area contributed by atoms with E-state index < -0.39 is 34.3 Å². The number of likely N-dealkylation sites (tertiary alicyclic amines) is 1. The summed E-state index contributed by atoms with van der Waals surface area (Å²) in [5.74, 6) is 0.254. The van der Waals surface area contributed by atoms with E-state index in [9.17, 15) is 36.3 Å². The second-order valence-electron chi connectivity index (χ2n) is 13.7. The molecule has 15 heteroatoms. The number of rotatable bonds is 16. The fourth-order valence-electron chi connectivity index (χ4n) is 6.79. The van der Waals surface area contributed by atoms with Gasteiger partial charge >= 0.3 is 6.18 Å². The van der Waals surface area contributed by atoms with Gasteiger partial charge in [-0.2, -0.15) is 17.5 Å². The molecule has 2 amide bonds. The Morgan fingerprint density at radius 3 is 2.26 bits per heavy atom. The van der Waals surface area contributed by atoms with Crippen LogP contribution in [0.3, 0.4) is 0 Å². The number of benzene rings is 1. The van der Waals surface area contributed by atoms with Crippen molar-refractivity contribution in [2.45, 2.75) is 115 Å². The van der Waals surface area contributed by atoms with Crippen LogP contribution < -0.4 is 5.32 Å². The number of ether oxygens (including phenoxy) is 1. The molecule has 3 N–H and O–H groups in total. The Bertz CT molecular complexity index is 1480. The van der Waals surface area contributed by atoms with Gasteiger partial charge in [0.25, 0.3) is 11.8 Å². The first-order chi connectivity index (χ1) is 23.6. The van der Waals surface area contributed by atoms with Crippen LogP contribution in [0.15, 0.2) is 22.5 Å². The fourth-order valence-corrected chi connectivity index (χ4v) is 7.96. The second-order valence-corrected chi connectivity index (χ2v) is 15.5. The molecule has 3 aliphatic rings. The van der Waals surface area contributed by atoms with Crippen LogP contribution in [0.25, 0.3) is 6.08 Å². The first-order valence-corrected chi connectivity index (χ1v) is 19.1. The molecule has 1 unspecified atom stereocenters. The molecule has 3 aliphatic heterocycles. The molecule has 50 heavy (non-hydrogen) atoms. The minimum atomic E-state index is -4.10. The highest BCUT2D eigenvalue weighted by molar-refractivity contribution is 7.92. The predicted octanol–water partition coefficient (Wildman–Crippen LogP) is 4.62. The molecule has 2 fully saturated rings. The lowest BCUT2D eigenvalue weighted by atomic mass is 9.89. The molecular weight excluding hydrogens is 677 g/mol. The number of halogens is 3. The van der Waals surface area contributed by atoms with Gasteiger partial charge in [-0.1, -0.05) is 25.7 Å². The molecule has 2 saturated heterocycles. The average Bonchev–Trinajstić information content (AvgIpc) is 3.37. The summed E-state index contributed by atoms with van der Waals surface area (Å²) < 4.78 is 70.4. The van der Waals surface area contributed by atoms with Gasteiger partial charge in [0.2, 0.25) is 10.0 Å². The minimum absolute atomic E-state index is 0.0513. The maximum atomic E-state index is 13.3. The van der Waals surface area contributed by atoms with E-state index in [4.69, 9.17) is 9.84 Å². The van der Waals surface area contributed by atoms with E-state index in [2.05, 4.69) is 10.3 Å². The topological polar surface area (TPSA) is 149 Å². The number of carbonyl (C=O) groups is 2. The summed E-state index contributed by atoms with van der Waals surface area (Å²) in [5, 5.41) is 22.5. The van der Waals surface area contributed by atoms with Crippen LogP contribution in [-0.4, -0.2) is 109 Å². The Kier molecular flexibility index (Phi) is 14.0. The van der Waals surface area contributed by atoms with E-state index in [1.54, 1.807) is 23.1 Å². The van der Waals surface area contributed by atoms with Gasteiger partial charge in [0, 0.05) is 50.0 Å². The standard InChI is InChI=1S/C35H51F3N4O7S/c1-25-21-27(32(45)41-16-10-29(11-17-41)49-24-28(44)23-43)22-26(2)30(25)12-20-50(47,48)42-18-14-34(15-19-42)33(46)39-31(40-34)9-7-5-3-4-6-8-13-35(36,37)38/h12,20-22,28-29,43-44H,3-11,13-19,23-24H2,1-2H3,(H,39,40,46). The highest BCUT2D eigenvalue weighted by Gasteiger charge is 2.47. The van der Waals surface area contributed by atoms with Crippen molar-refractivity contribution in [3.05, 3.63) is 39.8 Å². The van der Waals surface area contributed by atoms with Crippen LogP contribution in [-0.2, 0) is 19.6 Å². The number of aliphatic imine (C=N–C) groups is 1. The number of aryl methyl sites for hydroxylation is 2. The molecule has 1 atom stereocenters. The van der Waals surface area contributed by atoms with Gasteiger partial charge in [-0.3, -0.25) is 14.6 Å². The summed E-state index contributed by atoms with van der Waals surface area (Å²) in [6, 6.07) is 3.53. The van der Waals surface area contributed by atoms with Gasteiger partial charge in [0.05, 0.1) is 19.3 Å². The molecular formula is C35H51F3N4O7S. The van der Waals surface area contributed by atoms with E-state index in [1.165, 1.54) is 9.71 Å². The minimum Gasteiger partial charge on any atom is -0.394 e. The summed E-state index contributed by atoms with van der Waals surface area (Å²) in [5.41, 5.74) is 1.77. The quantitative estimate of drug-likeness (QED) is 0.211. The van der Waals surface area contributed by atoms with E-state index in [1.807, 2.05) is 13.8 Å². The number of hydrogen-bond donors (Lipinski definition) is 3. The lowest BCUT2D eigenvalue weighted by Gasteiger charge is -2.34. The predicted molar refractivity (Wildman–Crippen MR) is 184 cm³/mol. The highest BCUT2D eigenvalue weighted by Crippen LogP contribution is 2.32. The van der Waals surface area contributed by atoms with Gasteiger partial charge in [-0.25, -0.2) is 8.42 Å². The third-order valence-electron chi connectivity index (χ3n) is 9.77. The SMILES string of the molecule is Cc1cc(C(=O)N2CCC(OCC(O)CO)CC2)cc(C)c1C=CS(=O)(=O)N1CCC2(CC1)N=C(CCCCCCCCC(F)(F)F)NC2=O. The molecule has 0 aliphatic carbocycles. The van der Waals surface area contributed by atoms with E-state index in [0.717, 1.165) is 36.8 Å². The van der Waals surface area contributed by atoms with Crippen LogP contribution in [0.2, 0.25) is 0 Å². The average molecular weight is 729 g/mol. The summed E-state index contributed by atoms with van der Waals surface area (Å²) in [4.78, 5) is 32.6. The van der Waals surface area contributed by atoms with E-state index in [0.29, 0.717) is 55.7 Å². The Hall–Kier alpha value is -2.85. The van der Waals surface area contributed by atoms with Crippen molar-refractivity contribution in [2.75, 3.05) is 39.4 Å². The number of carbonyl (C=O) groups excluding carboxylic acids is 2. The molecule has 3 heterocycles. The Morgan fingerprint density at radius 2 is 1.66 bits per heavy atom. The first kappa shape index (κ1) is 39.9. The van der Waals surface area contributed by atoms with Crippen molar-refractivity contribution in [1.82, 2.24) is 14.5 Å². The fraction of sp³-hybridized carbons (Fsp3) is 0.686. The van der Waals surface area contributed by atoms with Crippen molar-refractivity contribution < 1.29 is 46.1 Å². The zero-order valence-corrected chi connectivity index (χ0v) is 29.8. The smallest absolute Gasteiger partial charge is 0.389 e. The first-order valence-electron chi connectivity index (χ1n) is 17.6. The monoisotopic (exact) mass is 728 g/mol. The molecule has 0 radical (unpaired) electrons. The number of sulfonamides is 1. The van der Waals surface area contributed by atoms with Gasteiger partial charge < -0.3 is 25.2 Å². The number of hydrogen-bond acceptors (Lipinski definition) is 8. The van der Waals surface area contributed by atoms with Crippen molar-refractivity contribution >= 4 is 33.7 Å². The van der Waals surface area contributed by atoms with Crippen LogP contribution >= 0.6 is 0 Å². The van der Waals surface area contributed by atoms with Crippen molar-refractivity contribution in [3.8, 4) is 0 Å². The Balaban J connectivity index is 1.25. The molecule has 0 saturated carbocycles. The maximum Gasteiger partial charge on any atom is 0.389 e. The number of aliphatic hydroxyl groups excluding tert-OH is 2. The van der Waals surface area contributed by atoms with Crippen molar-refractivity contribution in [3.63, 3.8) is 0 Å². The Morgan fingerprint density at radius 1 is 1.06 bits per heavy atom. The van der Waals surface area contributed by atoms with Gasteiger partial charge in [0.15, 0.2) is 0 Å². The number of unbranched alkanes of at least 4 members (excludes halogenated alkanes) is 5. The van der Waals surface area contributed by atoms with Crippen molar-refractivity contribution in [2.24, 2.45) is 4.99 Å². The number of nitrogens with zero attached hydrogens (tertiary/aromatic N) is 3. The number of aliphatic hydroxyl groups is 2.